The largest absolute Gasteiger partial charge is 0.496 e. The van der Waals surface area contributed by atoms with E-state index in [-0.39, 0.29) is 64.0 Å². The van der Waals surface area contributed by atoms with Crippen molar-refractivity contribution in [1.82, 2.24) is 19.1 Å². The van der Waals surface area contributed by atoms with Crippen molar-refractivity contribution in [2.45, 2.75) is 58.7 Å². The van der Waals surface area contributed by atoms with Crippen LogP contribution in [0.3, 0.4) is 0 Å². The highest BCUT2D eigenvalue weighted by Gasteiger charge is 2.62. The Morgan fingerprint density at radius 2 is 1.77 bits per heavy atom. The lowest BCUT2D eigenvalue weighted by Crippen LogP contribution is -2.57. The van der Waals surface area contributed by atoms with Crippen LogP contribution in [0.4, 0.5) is 0 Å². The molecule has 0 unspecified atom stereocenters. The first kappa shape index (κ1) is 30.9. The molecule has 1 aliphatic carbocycles. The summed E-state index contributed by atoms with van der Waals surface area (Å²) >= 11 is 6.55. The van der Waals surface area contributed by atoms with Crippen molar-refractivity contribution in [3.63, 3.8) is 0 Å². The van der Waals surface area contributed by atoms with Crippen LogP contribution in [0.25, 0.3) is 11.0 Å². The molecule has 0 bridgehead atoms. The molecule has 1 aromatic carbocycles. The number of halogens is 1. The molecule has 2 atom stereocenters. The summed E-state index contributed by atoms with van der Waals surface area (Å²) in [4.78, 5) is 65.2. The quantitative estimate of drug-likeness (QED) is 0.295. The highest BCUT2D eigenvalue weighted by molar-refractivity contribution is 6.36. The summed E-state index contributed by atoms with van der Waals surface area (Å²) in [6, 6.07) is 2.85. The molecule has 2 aliphatic heterocycles. The fourth-order valence-electron chi connectivity index (χ4n) is 6.68. The normalized spacial score (nSPS) is 20.8. The van der Waals surface area contributed by atoms with Gasteiger partial charge in [-0.3, -0.25) is 28.5 Å². The summed E-state index contributed by atoms with van der Waals surface area (Å²) in [6.45, 7) is 7.16. The van der Waals surface area contributed by atoms with Crippen molar-refractivity contribution in [2.24, 2.45) is 13.0 Å². The molecule has 4 aromatic rings. The maximum absolute atomic E-state index is 14.4. The molecule has 0 amide bonds. The minimum absolute atomic E-state index is 0.0126. The average Bonchev–Trinajstić information content (AvgIpc) is 3.36. The number of aryl methyl sites for hydroxylation is 2. The number of rotatable bonds is 4. The lowest BCUT2D eigenvalue weighted by molar-refractivity contribution is -0.180. The number of nitrogens with zero attached hydrogens (tertiary/aromatic N) is 4. The number of methoxy groups -OCH3 is 2. The summed E-state index contributed by atoms with van der Waals surface area (Å²) in [7, 11) is 4.31. The van der Waals surface area contributed by atoms with Gasteiger partial charge in [-0.2, -0.15) is 0 Å². The molecule has 0 fully saturated rings. The van der Waals surface area contributed by atoms with Crippen LogP contribution in [0, 0.1) is 12.8 Å². The van der Waals surface area contributed by atoms with E-state index >= 15 is 0 Å². The zero-order valence-electron chi connectivity index (χ0n) is 26.8. The second-order valence-electron chi connectivity index (χ2n) is 12.5. The molecule has 13 nitrogen and oxygen atoms in total. The fraction of sp³-hybridized carbons (Fsp3) is 0.394. The van der Waals surface area contributed by atoms with Crippen molar-refractivity contribution >= 4 is 34.2 Å². The number of aromatic nitrogens is 4. The Morgan fingerprint density at radius 1 is 1.04 bits per heavy atom. The van der Waals surface area contributed by atoms with Gasteiger partial charge in [-0.25, -0.2) is 9.78 Å². The Morgan fingerprint density at radius 3 is 2.47 bits per heavy atom. The van der Waals surface area contributed by atoms with Crippen LogP contribution in [0.5, 0.6) is 23.0 Å². The van der Waals surface area contributed by atoms with E-state index in [4.69, 9.17) is 35.3 Å². The van der Waals surface area contributed by atoms with E-state index in [2.05, 4.69) is 9.97 Å². The van der Waals surface area contributed by atoms with Gasteiger partial charge in [-0.1, -0.05) is 18.5 Å². The first-order valence-corrected chi connectivity index (χ1v) is 15.3. The summed E-state index contributed by atoms with van der Waals surface area (Å²) < 4.78 is 31.2. The van der Waals surface area contributed by atoms with Crippen LogP contribution >= 0.6 is 11.6 Å². The lowest BCUT2D eigenvalue weighted by Gasteiger charge is -2.36. The average molecular weight is 663 g/mol. The van der Waals surface area contributed by atoms with E-state index in [9.17, 15) is 19.2 Å². The van der Waals surface area contributed by atoms with Crippen LogP contribution in [0.1, 0.15) is 64.0 Å². The second-order valence-corrected chi connectivity index (χ2v) is 12.8. The number of carbonyl (C=O) groups is 2. The van der Waals surface area contributed by atoms with Crippen LogP contribution in [0.15, 0.2) is 27.9 Å². The second kappa shape index (κ2) is 10.4. The minimum Gasteiger partial charge on any atom is -0.496 e. The van der Waals surface area contributed by atoms with E-state index in [0.717, 1.165) is 4.57 Å². The Hall–Kier alpha value is -4.75. The molecule has 3 aromatic heterocycles. The van der Waals surface area contributed by atoms with Gasteiger partial charge in [0.05, 0.1) is 44.1 Å². The number of Topliss-reactive ketones (excluding diaryl/α,β-unsaturated/α-hetero) is 2. The maximum atomic E-state index is 14.4. The molecule has 3 aliphatic rings. The molecule has 0 saturated heterocycles. The maximum Gasteiger partial charge on any atom is 0.332 e. The van der Waals surface area contributed by atoms with Gasteiger partial charge in [0.15, 0.2) is 5.75 Å². The summed E-state index contributed by atoms with van der Waals surface area (Å²) in [6.07, 6.45) is 1.73. The number of ketones is 2. The molecule has 0 radical (unpaired) electrons. The van der Waals surface area contributed by atoms with Gasteiger partial charge < -0.3 is 23.7 Å². The van der Waals surface area contributed by atoms with Crippen LogP contribution in [-0.4, -0.2) is 56.3 Å². The summed E-state index contributed by atoms with van der Waals surface area (Å²) in [5, 5.41) is 0.0488. The van der Waals surface area contributed by atoms with Crippen LogP contribution < -0.4 is 30.2 Å². The summed E-state index contributed by atoms with van der Waals surface area (Å²) in [5.74, 6) is -1.95. The fourth-order valence-corrected chi connectivity index (χ4v) is 6.94. The van der Waals surface area contributed by atoms with Crippen molar-refractivity contribution in [3.05, 3.63) is 77.8 Å². The zero-order chi connectivity index (χ0) is 33.7. The van der Waals surface area contributed by atoms with Crippen molar-refractivity contribution in [1.29, 1.82) is 0 Å². The Labute approximate surface area is 272 Å². The molecule has 47 heavy (non-hydrogen) atoms. The van der Waals surface area contributed by atoms with Gasteiger partial charge in [0.2, 0.25) is 23.0 Å². The van der Waals surface area contributed by atoms with Gasteiger partial charge in [-0.05, 0) is 25.0 Å². The highest BCUT2D eigenvalue weighted by atomic mass is 35.5. The number of fused-ring (bicyclic) bond motifs is 4. The predicted octanol–water partition coefficient (Wildman–Crippen LogP) is 3.55. The molecule has 1 spiro atoms. The van der Waals surface area contributed by atoms with Gasteiger partial charge in [0.25, 0.3) is 5.56 Å². The van der Waals surface area contributed by atoms with Crippen LogP contribution in [-0.2, 0) is 31.4 Å². The molecule has 244 valence electrons. The third-order valence-electron chi connectivity index (χ3n) is 9.23. The van der Waals surface area contributed by atoms with Crippen LogP contribution in [0.2, 0.25) is 5.02 Å². The number of hydrogen-bond donors (Lipinski definition) is 0. The molecule has 5 heterocycles. The first-order valence-electron chi connectivity index (χ1n) is 14.9. The summed E-state index contributed by atoms with van der Waals surface area (Å²) in [5.41, 5.74) is -0.818. The van der Waals surface area contributed by atoms with E-state index in [1.54, 1.807) is 27.0 Å². The number of benzene rings is 1. The smallest absolute Gasteiger partial charge is 0.332 e. The number of ether oxygens (including phenoxy) is 5. The molecule has 14 heteroatoms. The van der Waals surface area contributed by atoms with Gasteiger partial charge in [0, 0.05) is 50.2 Å². The Kier molecular flexibility index (Phi) is 6.82. The van der Waals surface area contributed by atoms with Gasteiger partial charge >= 0.3 is 5.69 Å². The monoisotopic (exact) mass is 662 g/mol. The third-order valence-corrected chi connectivity index (χ3v) is 9.59. The van der Waals surface area contributed by atoms with E-state index < -0.39 is 40.1 Å². The van der Waals surface area contributed by atoms with Gasteiger partial charge in [0.1, 0.15) is 33.5 Å². The topological polar surface area (TPSA) is 150 Å². The molecule has 7 rings (SSSR count). The van der Waals surface area contributed by atoms with Crippen molar-refractivity contribution in [2.75, 3.05) is 14.2 Å². The molecular weight excluding hydrogens is 632 g/mol. The zero-order valence-corrected chi connectivity index (χ0v) is 27.5. The number of carbonyl (C=O) groups excluding carboxylic acids is 2. The van der Waals surface area contributed by atoms with E-state index in [0.29, 0.717) is 28.3 Å². The van der Waals surface area contributed by atoms with E-state index in [1.807, 2.05) is 6.92 Å². The third kappa shape index (κ3) is 4.25. The predicted molar refractivity (Wildman–Crippen MR) is 168 cm³/mol. The first-order chi connectivity index (χ1) is 22.2. The van der Waals surface area contributed by atoms with Crippen molar-refractivity contribution < 1.29 is 33.3 Å². The standard InChI is InChI=1S/C33H31ClN4O9/c1-14-8-20-17(27(39)33(14)28(40)23-21(43-6)10-22(44-7)24(34)26(23)47-33)9-18-29(36-20)37(5)31(42)38(30(18)41)12-16-11-35-15(2)25-19(16)13-45-32(3,4)46-25/h9-11,14H,8,12-13H2,1-7H3/t14-,33+/m1/s1. The molecule has 0 N–H and O–H groups in total. The highest BCUT2D eigenvalue weighted by Crippen LogP contribution is 2.53. The van der Waals surface area contributed by atoms with E-state index in [1.165, 1.54) is 38.0 Å². The minimum atomic E-state index is -1.98. The molecule has 0 saturated carbocycles. The SMILES string of the molecule is COc1cc(OC)c2c(c1Cl)O[C@@]1(C(=O)c3cc4c(=O)n(Cc5cnc(C)c6c5COC(C)(C)O6)c(=O)n(C)c4nc3C[C@H]1C)C2=O. The lowest BCUT2D eigenvalue weighted by atomic mass is 9.71. The van der Waals surface area contributed by atoms with Crippen molar-refractivity contribution in [3.8, 4) is 23.0 Å². The number of hydrogen-bond acceptors (Lipinski definition) is 11. The Bertz CT molecular complexity index is 2210. The van der Waals surface area contributed by atoms with Gasteiger partial charge in [-0.15, -0.1) is 0 Å². The number of pyridine rings is 2. The molecular formula is C33H31ClN4O9. The Balaban J connectivity index is 1.36.